The predicted octanol–water partition coefficient (Wildman–Crippen LogP) is -0.297. The Balaban J connectivity index is 2.68. The molecule has 0 radical (unpaired) electrons. The summed E-state index contributed by atoms with van der Waals surface area (Å²) in [5.74, 6) is -1.99. The first-order valence-electron chi connectivity index (χ1n) is 5.41. The zero-order valence-corrected chi connectivity index (χ0v) is 10.4. The fourth-order valence-electron chi connectivity index (χ4n) is 1.51. The Morgan fingerprint density at radius 1 is 1.37 bits per heavy atom. The molecule has 0 unspecified atom stereocenters. The van der Waals surface area contributed by atoms with Crippen LogP contribution in [0.3, 0.4) is 0 Å². The van der Waals surface area contributed by atoms with Gasteiger partial charge in [-0.25, -0.2) is 4.79 Å². The van der Waals surface area contributed by atoms with Crippen LogP contribution in [0.4, 0.5) is 4.79 Å². The van der Waals surface area contributed by atoms with Crippen molar-refractivity contribution in [2.24, 2.45) is 5.73 Å². The van der Waals surface area contributed by atoms with Crippen LogP contribution >= 0.6 is 0 Å². The summed E-state index contributed by atoms with van der Waals surface area (Å²) in [4.78, 5) is 35.6. The van der Waals surface area contributed by atoms with E-state index >= 15 is 0 Å². The Labute approximate surface area is 109 Å². The van der Waals surface area contributed by atoms with Gasteiger partial charge in [-0.1, -0.05) is 0 Å². The molecule has 1 heterocycles. The number of carbonyl (C=O) groups excluding carboxylic acids is 2. The van der Waals surface area contributed by atoms with E-state index in [1.165, 1.54) is 24.5 Å². The smallest absolute Gasteiger partial charge is 0.323 e. The molecule has 0 aliphatic heterocycles. The number of furan rings is 1. The molecule has 3 N–H and O–H groups in total. The van der Waals surface area contributed by atoms with Crippen LogP contribution in [0.1, 0.15) is 5.56 Å². The van der Waals surface area contributed by atoms with Crippen LogP contribution in [0.5, 0.6) is 0 Å². The molecule has 0 spiro atoms. The largest absolute Gasteiger partial charge is 0.480 e. The Hall–Kier alpha value is -2.51. The van der Waals surface area contributed by atoms with Gasteiger partial charge in [-0.15, -0.1) is 0 Å². The SMILES string of the molecule is CN(Cc1ccoc1)C(=O)N(CC(N)=O)CC(=O)O. The molecule has 0 saturated heterocycles. The van der Waals surface area contributed by atoms with E-state index < -0.39 is 31.0 Å². The molecular formula is C11H15N3O5. The van der Waals surface area contributed by atoms with Crippen molar-refractivity contribution < 1.29 is 23.9 Å². The van der Waals surface area contributed by atoms with Crippen LogP contribution in [0.15, 0.2) is 23.0 Å². The monoisotopic (exact) mass is 269 g/mol. The summed E-state index contributed by atoms with van der Waals surface area (Å²) in [5.41, 5.74) is 5.74. The van der Waals surface area contributed by atoms with E-state index in [-0.39, 0.29) is 6.54 Å². The van der Waals surface area contributed by atoms with E-state index in [1.807, 2.05) is 0 Å². The number of amides is 3. The number of aliphatic carboxylic acids is 1. The molecule has 3 amide bonds. The van der Waals surface area contributed by atoms with Crippen molar-refractivity contribution in [2.45, 2.75) is 6.54 Å². The van der Waals surface area contributed by atoms with Gasteiger partial charge in [-0.3, -0.25) is 9.59 Å². The fraction of sp³-hybridized carbons (Fsp3) is 0.364. The van der Waals surface area contributed by atoms with E-state index in [2.05, 4.69) is 0 Å². The second-order valence-corrected chi connectivity index (χ2v) is 3.99. The van der Waals surface area contributed by atoms with Gasteiger partial charge in [0, 0.05) is 12.6 Å². The Kier molecular flexibility index (Phi) is 4.92. The third-order valence-corrected chi connectivity index (χ3v) is 2.27. The number of carboxylic acids is 1. The van der Waals surface area contributed by atoms with E-state index in [1.54, 1.807) is 6.07 Å². The van der Waals surface area contributed by atoms with Crippen molar-refractivity contribution in [3.63, 3.8) is 0 Å². The first-order chi connectivity index (χ1) is 8.90. The lowest BCUT2D eigenvalue weighted by Gasteiger charge is -2.25. The van der Waals surface area contributed by atoms with Crippen LogP contribution in [-0.4, -0.2) is 53.0 Å². The molecule has 104 valence electrons. The number of nitrogens with zero attached hydrogens (tertiary/aromatic N) is 2. The molecule has 8 nitrogen and oxygen atoms in total. The Bertz CT molecular complexity index is 441. The minimum absolute atomic E-state index is 0.240. The summed E-state index contributed by atoms with van der Waals surface area (Å²) >= 11 is 0. The van der Waals surface area contributed by atoms with Gasteiger partial charge >= 0.3 is 12.0 Å². The van der Waals surface area contributed by atoms with Crippen molar-refractivity contribution in [1.82, 2.24) is 9.80 Å². The van der Waals surface area contributed by atoms with Gasteiger partial charge in [0.2, 0.25) is 5.91 Å². The highest BCUT2D eigenvalue weighted by molar-refractivity contribution is 5.85. The van der Waals surface area contributed by atoms with Crippen LogP contribution in [0, 0.1) is 0 Å². The number of primary amides is 1. The van der Waals surface area contributed by atoms with Gasteiger partial charge in [0.05, 0.1) is 19.1 Å². The van der Waals surface area contributed by atoms with Crippen molar-refractivity contribution in [3.8, 4) is 0 Å². The minimum atomic E-state index is -1.22. The molecule has 0 bridgehead atoms. The van der Waals surface area contributed by atoms with Crippen LogP contribution < -0.4 is 5.73 Å². The van der Waals surface area contributed by atoms with Crippen molar-refractivity contribution in [2.75, 3.05) is 20.1 Å². The zero-order valence-electron chi connectivity index (χ0n) is 10.4. The van der Waals surface area contributed by atoms with Crippen molar-refractivity contribution >= 4 is 17.9 Å². The van der Waals surface area contributed by atoms with Crippen molar-refractivity contribution in [3.05, 3.63) is 24.2 Å². The van der Waals surface area contributed by atoms with E-state index in [4.69, 9.17) is 15.3 Å². The quantitative estimate of drug-likeness (QED) is 0.735. The molecule has 8 heteroatoms. The number of urea groups is 1. The summed E-state index contributed by atoms with van der Waals surface area (Å²) in [7, 11) is 1.49. The highest BCUT2D eigenvalue weighted by atomic mass is 16.4. The zero-order chi connectivity index (χ0) is 14.4. The van der Waals surface area contributed by atoms with Gasteiger partial charge in [-0.2, -0.15) is 0 Å². The lowest BCUT2D eigenvalue weighted by atomic mass is 10.3. The van der Waals surface area contributed by atoms with Gasteiger partial charge in [-0.05, 0) is 6.07 Å². The van der Waals surface area contributed by atoms with Crippen LogP contribution in [0.2, 0.25) is 0 Å². The average molecular weight is 269 g/mol. The first-order valence-corrected chi connectivity index (χ1v) is 5.41. The Morgan fingerprint density at radius 3 is 2.53 bits per heavy atom. The lowest BCUT2D eigenvalue weighted by Crippen LogP contribution is -2.47. The van der Waals surface area contributed by atoms with Crippen LogP contribution in [-0.2, 0) is 16.1 Å². The van der Waals surface area contributed by atoms with E-state index in [9.17, 15) is 14.4 Å². The fourth-order valence-corrected chi connectivity index (χ4v) is 1.51. The molecule has 0 aromatic carbocycles. The molecule has 1 aromatic heterocycles. The molecule has 0 fully saturated rings. The molecule has 0 saturated carbocycles. The maximum atomic E-state index is 12.0. The topological polar surface area (TPSA) is 117 Å². The van der Waals surface area contributed by atoms with Gasteiger partial charge in [0.15, 0.2) is 0 Å². The van der Waals surface area contributed by atoms with Gasteiger partial charge in [0.1, 0.15) is 13.1 Å². The highest BCUT2D eigenvalue weighted by Gasteiger charge is 2.22. The molecular weight excluding hydrogens is 254 g/mol. The summed E-state index contributed by atoms with van der Waals surface area (Å²) in [6.07, 6.45) is 2.94. The first kappa shape index (κ1) is 14.6. The Morgan fingerprint density at radius 2 is 2.05 bits per heavy atom. The third kappa shape index (κ3) is 4.70. The minimum Gasteiger partial charge on any atom is -0.480 e. The summed E-state index contributed by atoms with van der Waals surface area (Å²) < 4.78 is 4.86. The van der Waals surface area contributed by atoms with Crippen molar-refractivity contribution in [1.29, 1.82) is 0 Å². The third-order valence-electron chi connectivity index (χ3n) is 2.27. The average Bonchev–Trinajstić information content (AvgIpc) is 2.78. The maximum Gasteiger partial charge on any atom is 0.323 e. The number of rotatable bonds is 6. The second kappa shape index (κ2) is 6.43. The lowest BCUT2D eigenvalue weighted by molar-refractivity contribution is -0.138. The summed E-state index contributed by atoms with van der Waals surface area (Å²) in [6.45, 7) is -0.789. The second-order valence-electron chi connectivity index (χ2n) is 3.99. The van der Waals surface area contributed by atoms with Gasteiger partial charge < -0.3 is 25.1 Å². The molecule has 19 heavy (non-hydrogen) atoms. The predicted molar refractivity (Wildman–Crippen MR) is 64.0 cm³/mol. The number of hydrogen-bond acceptors (Lipinski definition) is 4. The number of carbonyl (C=O) groups is 3. The number of hydrogen-bond donors (Lipinski definition) is 2. The molecule has 0 aliphatic rings. The van der Waals surface area contributed by atoms with E-state index in [0.717, 1.165) is 10.5 Å². The van der Waals surface area contributed by atoms with Crippen LogP contribution in [0.25, 0.3) is 0 Å². The normalized spacial score (nSPS) is 9.95. The summed E-state index contributed by atoms with van der Waals surface area (Å²) in [6, 6.07) is 1.08. The standard InChI is InChI=1S/C11H15N3O5/c1-13(4-8-2-3-19-7-8)11(18)14(5-9(12)15)6-10(16)17/h2-3,7H,4-6H2,1H3,(H2,12,15)(H,16,17). The molecule has 0 aliphatic carbocycles. The molecule has 1 aromatic rings. The maximum absolute atomic E-state index is 12.0. The number of nitrogens with two attached hydrogens (primary N) is 1. The van der Waals surface area contributed by atoms with Gasteiger partial charge in [0.25, 0.3) is 0 Å². The molecule has 0 atom stereocenters. The summed E-state index contributed by atoms with van der Waals surface area (Å²) in [5, 5.41) is 8.70. The van der Waals surface area contributed by atoms with E-state index in [0.29, 0.717) is 0 Å². The highest BCUT2D eigenvalue weighted by Crippen LogP contribution is 2.06. The molecule has 1 rings (SSSR count). The number of carboxylic acid groups (broad SMARTS) is 1.